The second-order valence-corrected chi connectivity index (χ2v) is 6.49. The molecule has 25 heavy (non-hydrogen) atoms. The zero-order valence-electron chi connectivity index (χ0n) is 13.6. The van der Waals surface area contributed by atoms with E-state index in [-0.39, 0.29) is 6.54 Å². The van der Waals surface area contributed by atoms with Crippen LogP contribution in [-0.4, -0.2) is 24.5 Å². The van der Waals surface area contributed by atoms with Crippen LogP contribution >= 0.6 is 0 Å². The first-order chi connectivity index (χ1) is 11.9. The SMILES string of the molecule is Cc1cccc2cc3ccccc3c(C(=O)OC3C(CN)C3(F)F)c12. The van der Waals surface area contributed by atoms with Crippen LogP contribution in [0.5, 0.6) is 0 Å². The van der Waals surface area contributed by atoms with Crippen molar-refractivity contribution in [2.75, 3.05) is 6.54 Å². The summed E-state index contributed by atoms with van der Waals surface area (Å²) >= 11 is 0. The highest BCUT2D eigenvalue weighted by atomic mass is 19.3. The van der Waals surface area contributed by atoms with Crippen LogP contribution in [0, 0.1) is 12.8 Å². The molecular formula is C20H17F2NO2. The third-order valence-corrected chi connectivity index (χ3v) is 4.92. The standard InChI is InChI=1S/C20H17F2NO2/c1-11-5-4-7-13-9-12-6-2-3-8-14(12)17(16(11)13)19(24)25-18-15(10-23)20(18,21)22/h2-9,15,18H,10,23H2,1H3. The zero-order chi connectivity index (χ0) is 17.8. The van der Waals surface area contributed by atoms with E-state index < -0.39 is 23.9 Å². The molecule has 0 aliphatic heterocycles. The molecule has 3 nitrogen and oxygen atoms in total. The predicted molar refractivity (Wildman–Crippen MR) is 92.9 cm³/mol. The Morgan fingerprint density at radius 3 is 2.60 bits per heavy atom. The first-order valence-corrected chi connectivity index (χ1v) is 8.15. The Morgan fingerprint density at radius 2 is 1.88 bits per heavy atom. The molecule has 2 atom stereocenters. The van der Waals surface area contributed by atoms with Gasteiger partial charge in [0.25, 0.3) is 5.92 Å². The summed E-state index contributed by atoms with van der Waals surface area (Å²) in [5.74, 6) is -4.87. The maximum Gasteiger partial charge on any atom is 0.339 e. The molecule has 3 aromatic carbocycles. The van der Waals surface area contributed by atoms with Crippen molar-refractivity contribution in [2.24, 2.45) is 11.7 Å². The number of aryl methyl sites for hydroxylation is 1. The van der Waals surface area contributed by atoms with Crippen molar-refractivity contribution in [3.63, 3.8) is 0 Å². The summed E-state index contributed by atoms with van der Waals surface area (Å²) < 4.78 is 32.5. The summed E-state index contributed by atoms with van der Waals surface area (Å²) in [6.45, 7) is 1.68. The van der Waals surface area contributed by atoms with Gasteiger partial charge in [0.2, 0.25) is 0 Å². The summed E-state index contributed by atoms with van der Waals surface area (Å²) in [4.78, 5) is 12.8. The van der Waals surface area contributed by atoms with E-state index in [1.54, 1.807) is 0 Å². The highest BCUT2D eigenvalue weighted by Gasteiger charge is 2.70. The quantitative estimate of drug-likeness (QED) is 0.577. The first-order valence-electron chi connectivity index (χ1n) is 8.15. The number of nitrogens with two attached hydrogens (primary N) is 1. The van der Waals surface area contributed by atoms with Crippen LogP contribution in [0.15, 0.2) is 48.5 Å². The van der Waals surface area contributed by atoms with Crippen molar-refractivity contribution in [3.8, 4) is 0 Å². The summed E-state index contributed by atoms with van der Waals surface area (Å²) in [5.41, 5.74) is 6.58. The molecule has 1 fully saturated rings. The number of hydrogen-bond donors (Lipinski definition) is 1. The summed E-state index contributed by atoms with van der Waals surface area (Å²) in [6, 6.07) is 15.1. The molecule has 0 saturated heterocycles. The highest BCUT2D eigenvalue weighted by Crippen LogP contribution is 2.51. The van der Waals surface area contributed by atoms with Crippen molar-refractivity contribution < 1.29 is 18.3 Å². The van der Waals surface area contributed by atoms with Gasteiger partial charge in [-0.25, -0.2) is 13.6 Å². The Labute approximate surface area is 143 Å². The molecule has 2 N–H and O–H groups in total. The van der Waals surface area contributed by atoms with Gasteiger partial charge in [0, 0.05) is 6.54 Å². The maximum atomic E-state index is 13.7. The Hall–Kier alpha value is -2.53. The summed E-state index contributed by atoms with van der Waals surface area (Å²) in [7, 11) is 0. The number of benzene rings is 3. The van der Waals surface area contributed by atoms with Crippen LogP contribution in [0.25, 0.3) is 21.5 Å². The smallest absolute Gasteiger partial charge is 0.339 e. The molecule has 4 rings (SSSR count). The number of fused-ring (bicyclic) bond motifs is 2. The Morgan fingerprint density at radius 1 is 1.16 bits per heavy atom. The molecule has 0 radical (unpaired) electrons. The number of halogens is 2. The fraction of sp³-hybridized carbons (Fsp3) is 0.250. The number of ether oxygens (including phenoxy) is 1. The molecule has 0 heterocycles. The van der Waals surface area contributed by atoms with Gasteiger partial charge in [0.1, 0.15) is 0 Å². The van der Waals surface area contributed by atoms with Crippen LogP contribution in [0.1, 0.15) is 15.9 Å². The molecule has 1 saturated carbocycles. The van der Waals surface area contributed by atoms with Crippen molar-refractivity contribution in [3.05, 3.63) is 59.7 Å². The van der Waals surface area contributed by atoms with Gasteiger partial charge in [0.05, 0.1) is 11.5 Å². The molecular weight excluding hydrogens is 324 g/mol. The lowest BCUT2D eigenvalue weighted by atomic mass is 9.94. The van der Waals surface area contributed by atoms with Gasteiger partial charge < -0.3 is 10.5 Å². The lowest BCUT2D eigenvalue weighted by molar-refractivity contribution is 0.0134. The molecule has 1 aliphatic carbocycles. The number of carbonyl (C=O) groups is 1. The lowest BCUT2D eigenvalue weighted by Crippen LogP contribution is -2.14. The highest BCUT2D eigenvalue weighted by molar-refractivity contribution is 6.17. The van der Waals surface area contributed by atoms with Gasteiger partial charge in [-0.3, -0.25) is 0 Å². The van der Waals surface area contributed by atoms with Gasteiger partial charge in [0.15, 0.2) is 6.10 Å². The Balaban J connectivity index is 1.88. The minimum Gasteiger partial charge on any atom is -0.452 e. The summed E-state index contributed by atoms with van der Waals surface area (Å²) in [6.07, 6.45) is -1.44. The van der Waals surface area contributed by atoms with Crippen LogP contribution in [0.2, 0.25) is 0 Å². The first kappa shape index (κ1) is 16.0. The van der Waals surface area contributed by atoms with E-state index in [9.17, 15) is 13.6 Å². The molecule has 0 aromatic heterocycles. The molecule has 128 valence electrons. The lowest BCUT2D eigenvalue weighted by Gasteiger charge is -2.13. The van der Waals surface area contributed by atoms with Gasteiger partial charge in [-0.15, -0.1) is 0 Å². The van der Waals surface area contributed by atoms with E-state index in [2.05, 4.69) is 0 Å². The third kappa shape index (κ3) is 2.38. The number of carbonyl (C=O) groups excluding carboxylic acids is 1. The molecule has 2 unspecified atom stereocenters. The Bertz CT molecular complexity index is 1000. The average Bonchev–Trinajstić information content (AvgIpc) is 3.12. The second-order valence-electron chi connectivity index (χ2n) is 6.49. The zero-order valence-corrected chi connectivity index (χ0v) is 13.6. The molecule has 0 bridgehead atoms. The van der Waals surface area contributed by atoms with Crippen molar-refractivity contribution in [2.45, 2.75) is 19.0 Å². The number of alkyl halides is 2. The molecule has 0 amide bonds. The van der Waals surface area contributed by atoms with Gasteiger partial charge in [-0.2, -0.15) is 0 Å². The van der Waals surface area contributed by atoms with E-state index in [4.69, 9.17) is 10.5 Å². The fourth-order valence-corrected chi connectivity index (χ4v) is 3.49. The summed E-state index contributed by atoms with van der Waals surface area (Å²) in [5, 5.41) is 3.18. The van der Waals surface area contributed by atoms with E-state index in [1.807, 2.05) is 55.5 Å². The fourth-order valence-electron chi connectivity index (χ4n) is 3.49. The number of esters is 1. The van der Waals surface area contributed by atoms with Crippen molar-refractivity contribution in [1.82, 2.24) is 0 Å². The van der Waals surface area contributed by atoms with Crippen LogP contribution in [-0.2, 0) is 4.74 Å². The largest absolute Gasteiger partial charge is 0.452 e. The van der Waals surface area contributed by atoms with Crippen molar-refractivity contribution >= 4 is 27.5 Å². The van der Waals surface area contributed by atoms with Gasteiger partial charge in [-0.1, -0.05) is 42.5 Å². The number of rotatable bonds is 3. The molecule has 1 aliphatic rings. The monoisotopic (exact) mass is 341 g/mol. The molecule has 0 spiro atoms. The maximum absolute atomic E-state index is 13.7. The predicted octanol–water partition coefficient (Wildman–Crippen LogP) is 4.05. The van der Waals surface area contributed by atoms with Crippen LogP contribution in [0.3, 0.4) is 0 Å². The van der Waals surface area contributed by atoms with E-state index in [0.29, 0.717) is 10.9 Å². The number of hydrogen-bond acceptors (Lipinski definition) is 3. The second kappa shape index (κ2) is 5.49. The van der Waals surface area contributed by atoms with E-state index >= 15 is 0 Å². The molecule has 3 aromatic rings. The molecule has 5 heteroatoms. The van der Waals surface area contributed by atoms with Crippen LogP contribution in [0.4, 0.5) is 8.78 Å². The normalized spacial score (nSPS) is 21.4. The van der Waals surface area contributed by atoms with Gasteiger partial charge >= 0.3 is 5.97 Å². The minimum atomic E-state index is -3.04. The average molecular weight is 341 g/mol. The Kier molecular flexibility index (Phi) is 3.51. The van der Waals surface area contributed by atoms with Gasteiger partial charge in [-0.05, 0) is 40.1 Å². The van der Waals surface area contributed by atoms with E-state index in [1.165, 1.54) is 0 Å². The van der Waals surface area contributed by atoms with E-state index in [0.717, 1.165) is 21.7 Å². The minimum absolute atomic E-state index is 0.208. The van der Waals surface area contributed by atoms with Crippen molar-refractivity contribution in [1.29, 1.82) is 0 Å². The topological polar surface area (TPSA) is 52.3 Å². The van der Waals surface area contributed by atoms with Crippen LogP contribution < -0.4 is 5.73 Å². The third-order valence-electron chi connectivity index (χ3n) is 4.92.